The second-order valence-electron chi connectivity index (χ2n) is 6.62. The van der Waals surface area contributed by atoms with Crippen molar-refractivity contribution in [3.05, 3.63) is 47.4 Å². The van der Waals surface area contributed by atoms with Crippen molar-refractivity contribution >= 4 is 18.2 Å². The van der Waals surface area contributed by atoms with Gasteiger partial charge in [0, 0.05) is 25.7 Å². The maximum Gasteiger partial charge on any atom is 0.341 e. The van der Waals surface area contributed by atoms with E-state index >= 15 is 0 Å². The summed E-state index contributed by atoms with van der Waals surface area (Å²) in [6, 6.07) is 2.12. The average molecular weight is 406 g/mol. The van der Waals surface area contributed by atoms with E-state index in [2.05, 4.69) is 20.4 Å². The van der Waals surface area contributed by atoms with Crippen molar-refractivity contribution in [1.82, 2.24) is 19.9 Å². The van der Waals surface area contributed by atoms with E-state index < -0.39 is 35.6 Å². The monoisotopic (exact) mass is 406 g/mol. The number of rotatable bonds is 4. The van der Waals surface area contributed by atoms with E-state index in [9.17, 15) is 18.0 Å². The number of hydrogen-bond acceptors (Lipinski definition) is 6. The molecule has 1 fully saturated rings. The molecule has 1 N–H and O–H groups in total. The van der Waals surface area contributed by atoms with Crippen molar-refractivity contribution in [3.8, 4) is 5.88 Å². The molecule has 1 atom stereocenters. The Labute approximate surface area is 164 Å². The molecular formula is C18H17F3N6O2. The number of carbonyl (C=O) groups is 1. The number of amides is 2. The molecule has 0 bridgehead atoms. The van der Waals surface area contributed by atoms with Crippen molar-refractivity contribution in [3.63, 3.8) is 0 Å². The van der Waals surface area contributed by atoms with Crippen LogP contribution in [0.15, 0.2) is 29.5 Å². The number of ether oxygens (including phenoxy) is 1. The molecule has 1 unspecified atom stereocenters. The van der Waals surface area contributed by atoms with E-state index in [4.69, 9.17) is 4.74 Å². The molecule has 2 aromatic rings. The SMILES string of the molecule is CNc1ncc(F)c(OC2CN(C(=O)N3N=CCC3c3cc(F)cc(F)c3)C2)n1. The van der Waals surface area contributed by atoms with E-state index in [0.717, 1.165) is 12.3 Å². The summed E-state index contributed by atoms with van der Waals surface area (Å²) in [6.07, 6.45) is 2.43. The first-order valence-electron chi connectivity index (χ1n) is 8.88. The number of halogens is 3. The maximum atomic E-state index is 13.8. The van der Waals surface area contributed by atoms with E-state index in [1.807, 2.05) is 0 Å². The zero-order valence-electron chi connectivity index (χ0n) is 15.3. The predicted molar refractivity (Wildman–Crippen MR) is 97.0 cm³/mol. The number of urea groups is 1. The van der Waals surface area contributed by atoms with Crippen LogP contribution < -0.4 is 10.1 Å². The molecule has 152 valence electrons. The minimum Gasteiger partial charge on any atom is -0.468 e. The van der Waals surface area contributed by atoms with Gasteiger partial charge in [0.05, 0.1) is 25.3 Å². The minimum atomic E-state index is -0.718. The summed E-state index contributed by atoms with van der Waals surface area (Å²) in [4.78, 5) is 21.8. The molecule has 1 aromatic heterocycles. The van der Waals surface area contributed by atoms with Crippen molar-refractivity contribution in [2.45, 2.75) is 18.6 Å². The Kier molecular flexibility index (Phi) is 4.95. The lowest BCUT2D eigenvalue weighted by molar-refractivity contribution is 0.0230. The molecule has 0 saturated carbocycles. The summed E-state index contributed by atoms with van der Waals surface area (Å²) in [6.45, 7) is 0.404. The van der Waals surface area contributed by atoms with Crippen molar-refractivity contribution in [2.24, 2.45) is 5.10 Å². The van der Waals surface area contributed by atoms with Crippen LogP contribution in [0.5, 0.6) is 5.88 Å². The smallest absolute Gasteiger partial charge is 0.341 e. The maximum absolute atomic E-state index is 13.8. The number of anilines is 1. The lowest BCUT2D eigenvalue weighted by Crippen LogP contribution is -2.59. The zero-order valence-corrected chi connectivity index (χ0v) is 15.3. The summed E-state index contributed by atoms with van der Waals surface area (Å²) in [5.74, 6) is -2.13. The molecule has 1 aromatic carbocycles. The Bertz CT molecular complexity index is 946. The predicted octanol–water partition coefficient (Wildman–Crippen LogP) is 2.55. The molecule has 11 heteroatoms. The van der Waals surface area contributed by atoms with Crippen LogP contribution >= 0.6 is 0 Å². The third kappa shape index (κ3) is 3.80. The number of carbonyl (C=O) groups excluding carboxylic acids is 1. The van der Waals surface area contributed by atoms with Gasteiger partial charge in [0.2, 0.25) is 11.8 Å². The van der Waals surface area contributed by atoms with Crippen LogP contribution in [0.1, 0.15) is 18.0 Å². The molecule has 1 saturated heterocycles. The van der Waals surface area contributed by atoms with Crippen LogP contribution in [0.3, 0.4) is 0 Å². The van der Waals surface area contributed by atoms with Gasteiger partial charge in [0.25, 0.3) is 5.88 Å². The minimum absolute atomic E-state index is 0.200. The summed E-state index contributed by atoms with van der Waals surface area (Å²) < 4.78 is 46.3. The highest BCUT2D eigenvalue weighted by atomic mass is 19.1. The number of hydrazone groups is 1. The summed E-state index contributed by atoms with van der Waals surface area (Å²) in [7, 11) is 1.60. The van der Waals surface area contributed by atoms with Gasteiger partial charge in [-0.25, -0.2) is 23.6 Å². The average Bonchev–Trinajstić information content (AvgIpc) is 3.14. The van der Waals surface area contributed by atoms with Gasteiger partial charge >= 0.3 is 6.03 Å². The Morgan fingerprint density at radius 2 is 1.93 bits per heavy atom. The van der Waals surface area contributed by atoms with Crippen molar-refractivity contribution < 1.29 is 22.7 Å². The molecule has 2 aliphatic rings. The quantitative estimate of drug-likeness (QED) is 0.844. The van der Waals surface area contributed by atoms with E-state index in [1.54, 1.807) is 7.05 Å². The van der Waals surface area contributed by atoms with Gasteiger partial charge in [0.15, 0.2) is 0 Å². The van der Waals surface area contributed by atoms with Gasteiger partial charge in [-0.05, 0) is 17.7 Å². The number of nitrogens with zero attached hydrogens (tertiary/aromatic N) is 5. The molecular weight excluding hydrogens is 389 g/mol. The lowest BCUT2D eigenvalue weighted by Gasteiger charge is -2.40. The summed E-state index contributed by atoms with van der Waals surface area (Å²) in [5.41, 5.74) is 0.323. The van der Waals surface area contributed by atoms with Gasteiger partial charge in [-0.3, -0.25) is 0 Å². The van der Waals surface area contributed by atoms with Crippen LogP contribution in [0.2, 0.25) is 0 Å². The zero-order chi connectivity index (χ0) is 20.5. The van der Waals surface area contributed by atoms with E-state index in [0.29, 0.717) is 12.0 Å². The number of likely N-dealkylation sites (tertiary alicyclic amines) is 1. The van der Waals surface area contributed by atoms with Crippen molar-refractivity contribution in [1.29, 1.82) is 0 Å². The van der Waals surface area contributed by atoms with Gasteiger partial charge in [0.1, 0.15) is 17.7 Å². The molecule has 0 spiro atoms. The van der Waals surface area contributed by atoms with Crippen LogP contribution in [-0.4, -0.2) is 58.4 Å². The molecule has 29 heavy (non-hydrogen) atoms. The number of benzene rings is 1. The summed E-state index contributed by atoms with van der Waals surface area (Å²) >= 11 is 0. The molecule has 2 amide bonds. The molecule has 4 rings (SSSR count). The third-order valence-corrected chi connectivity index (χ3v) is 4.63. The first kappa shape index (κ1) is 19.0. The van der Waals surface area contributed by atoms with E-state index in [1.165, 1.54) is 28.3 Å². The number of hydrogen-bond donors (Lipinski definition) is 1. The van der Waals surface area contributed by atoms with Crippen LogP contribution in [0, 0.1) is 17.5 Å². The largest absolute Gasteiger partial charge is 0.468 e. The van der Waals surface area contributed by atoms with Crippen LogP contribution in [-0.2, 0) is 0 Å². The number of aromatic nitrogens is 2. The Morgan fingerprint density at radius 1 is 1.21 bits per heavy atom. The molecule has 8 nitrogen and oxygen atoms in total. The topological polar surface area (TPSA) is 83.0 Å². The van der Waals surface area contributed by atoms with E-state index in [-0.39, 0.29) is 24.9 Å². The van der Waals surface area contributed by atoms with Crippen LogP contribution in [0.4, 0.5) is 23.9 Å². The highest BCUT2D eigenvalue weighted by Gasteiger charge is 2.39. The summed E-state index contributed by atoms with van der Waals surface area (Å²) in [5, 5.41) is 7.92. The second kappa shape index (κ2) is 7.57. The van der Waals surface area contributed by atoms with Crippen molar-refractivity contribution in [2.75, 3.05) is 25.5 Å². The fourth-order valence-electron chi connectivity index (χ4n) is 3.17. The Hall–Kier alpha value is -3.37. The van der Waals surface area contributed by atoms with Gasteiger partial charge in [-0.2, -0.15) is 14.5 Å². The highest BCUT2D eigenvalue weighted by molar-refractivity contribution is 5.79. The highest BCUT2D eigenvalue weighted by Crippen LogP contribution is 2.31. The fraction of sp³-hybridized carbons (Fsp3) is 0.333. The standard InChI is InChI=1S/C18H17F3N6O2/c1-22-17-23-7-14(21)16(25-17)29-13-8-26(9-13)18(28)27-15(2-3-24-27)10-4-11(19)6-12(20)5-10/h3-7,13,15H,2,8-9H2,1H3,(H,22,23,25). The Balaban J connectivity index is 1.39. The molecule has 3 heterocycles. The van der Waals surface area contributed by atoms with Gasteiger partial charge < -0.3 is 15.0 Å². The third-order valence-electron chi connectivity index (χ3n) is 4.63. The first-order chi connectivity index (χ1) is 13.9. The second-order valence-corrected chi connectivity index (χ2v) is 6.62. The first-order valence-corrected chi connectivity index (χ1v) is 8.88. The van der Waals surface area contributed by atoms with Gasteiger partial charge in [-0.15, -0.1) is 0 Å². The normalized spacial score (nSPS) is 18.7. The Morgan fingerprint density at radius 3 is 2.62 bits per heavy atom. The molecule has 0 aliphatic carbocycles. The molecule has 2 aliphatic heterocycles. The van der Waals surface area contributed by atoms with Gasteiger partial charge in [-0.1, -0.05) is 0 Å². The van der Waals surface area contributed by atoms with Crippen LogP contribution in [0.25, 0.3) is 0 Å². The molecule has 0 radical (unpaired) electrons. The lowest BCUT2D eigenvalue weighted by atomic mass is 10.0. The number of nitrogens with one attached hydrogen (secondary N) is 1. The fourth-order valence-corrected chi connectivity index (χ4v) is 3.17.